The Morgan fingerprint density at radius 2 is 1.97 bits per heavy atom. The minimum atomic E-state index is 0.775. The summed E-state index contributed by atoms with van der Waals surface area (Å²) in [6.07, 6.45) is 11.2. The predicted molar refractivity (Wildman–Crippen MR) is 131 cm³/mol. The lowest BCUT2D eigenvalue weighted by Crippen LogP contribution is -2.11. The van der Waals surface area contributed by atoms with Crippen LogP contribution in [0.4, 0.5) is 0 Å². The molecule has 6 aromatic heterocycles. The van der Waals surface area contributed by atoms with Crippen LogP contribution in [0.5, 0.6) is 0 Å². The van der Waals surface area contributed by atoms with Crippen LogP contribution in [0.3, 0.4) is 0 Å². The zero-order valence-electron chi connectivity index (χ0n) is 18.9. The molecule has 6 rings (SSSR count). The lowest BCUT2D eigenvalue weighted by atomic mass is 10.1. The van der Waals surface area contributed by atoms with Crippen LogP contribution in [0, 0.1) is 6.92 Å². The molecule has 9 heteroatoms. The number of H-pyrrole nitrogens is 2. The van der Waals surface area contributed by atoms with E-state index in [0.29, 0.717) is 0 Å². The highest BCUT2D eigenvalue weighted by Gasteiger charge is 2.15. The number of nitrogens with zero attached hydrogens (tertiary/aromatic N) is 6. The second kappa shape index (κ2) is 8.20. The molecule has 0 saturated carbocycles. The number of hydrogen-bond donors (Lipinski definition) is 3. The summed E-state index contributed by atoms with van der Waals surface area (Å²) < 4.78 is 2.01. The quantitative estimate of drug-likeness (QED) is 0.352. The molecule has 34 heavy (non-hydrogen) atoms. The van der Waals surface area contributed by atoms with E-state index >= 15 is 0 Å². The van der Waals surface area contributed by atoms with Crippen molar-refractivity contribution in [3.63, 3.8) is 0 Å². The van der Waals surface area contributed by atoms with E-state index in [1.54, 1.807) is 6.20 Å². The second-order valence-electron chi connectivity index (χ2n) is 8.25. The van der Waals surface area contributed by atoms with Gasteiger partial charge in [-0.2, -0.15) is 5.10 Å². The number of aromatic nitrogens is 8. The number of rotatable bonds is 6. The average Bonchev–Trinajstić information content (AvgIpc) is 3.59. The van der Waals surface area contributed by atoms with Gasteiger partial charge in [0, 0.05) is 47.7 Å². The summed E-state index contributed by atoms with van der Waals surface area (Å²) in [7, 11) is 0. The largest absolute Gasteiger partial charge is 0.338 e. The minimum absolute atomic E-state index is 0.775. The third-order valence-electron chi connectivity index (χ3n) is 5.87. The first-order chi connectivity index (χ1) is 16.7. The highest BCUT2D eigenvalue weighted by molar-refractivity contribution is 5.97. The van der Waals surface area contributed by atoms with Crippen molar-refractivity contribution >= 4 is 21.9 Å². The summed E-state index contributed by atoms with van der Waals surface area (Å²) in [4.78, 5) is 21.4. The van der Waals surface area contributed by atoms with Crippen LogP contribution in [-0.2, 0) is 6.54 Å². The Bertz CT molecular complexity index is 1620. The van der Waals surface area contributed by atoms with E-state index in [1.165, 1.54) is 0 Å². The molecule has 0 aromatic carbocycles. The van der Waals surface area contributed by atoms with E-state index < -0.39 is 0 Å². The monoisotopic (exact) mass is 449 g/mol. The van der Waals surface area contributed by atoms with Gasteiger partial charge in [-0.1, -0.05) is 6.92 Å². The van der Waals surface area contributed by atoms with Gasteiger partial charge in [0.15, 0.2) is 0 Å². The molecule has 6 heterocycles. The molecule has 0 saturated heterocycles. The number of imidazole rings is 1. The van der Waals surface area contributed by atoms with Gasteiger partial charge in [-0.3, -0.25) is 15.1 Å². The fourth-order valence-corrected chi connectivity index (χ4v) is 4.19. The molecule has 168 valence electrons. The molecule has 9 nitrogen and oxygen atoms in total. The van der Waals surface area contributed by atoms with Crippen LogP contribution in [-0.4, -0.2) is 46.2 Å². The Labute approximate surface area is 195 Å². The number of aryl methyl sites for hydroxylation is 1. The van der Waals surface area contributed by atoms with E-state index in [9.17, 15) is 0 Å². The van der Waals surface area contributed by atoms with Gasteiger partial charge >= 0.3 is 0 Å². The molecule has 0 aliphatic rings. The highest BCUT2D eigenvalue weighted by Crippen LogP contribution is 2.32. The first-order valence-electron chi connectivity index (χ1n) is 11.2. The topological polar surface area (TPSA) is 113 Å². The first kappa shape index (κ1) is 20.3. The van der Waals surface area contributed by atoms with Crippen LogP contribution in [0.1, 0.15) is 18.2 Å². The van der Waals surface area contributed by atoms with Crippen molar-refractivity contribution in [1.29, 1.82) is 0 Å². The Balaban J connectivity index is 1.44. The normalized spacial score (nSPS) is 11.6. The average molecular weight is 450 g/mol. The summed E-state index contributed by atoms with van der Waals surface area (Å²) in [6, 6.07) is 8.25. The van der Waals surface area contributed by atoms with Crippen molar-refractivity contribution in [3.05, 3.63) is 72.8 Å². The zero-order valence-corrected chi connectivity index (χ0v) is 18.9. The Morgan fingerprint density at radius 1 is 1.03 bits per heavy atom. The van der Waals surface area contributed by atoms with E-state index in [2.05, 4.69) is 65.6 Å². The molecule has 0 unspecified atom stereocenters. The zero-order chi connectivity index (χ0) is 23.1. The summed E-state index contributed by atoms with van der Waals surface area (Å²) in [6.45, 7) is 5.75. The number of pyridine rings is 3. The van der Waals surface area contributed by atoms with Crippen molar-refractivity contribution < 1.29 is 0 Å². The summed E-state index contributed by atoms with van der Waals surface area (Å²) in [5.74, 6) is 0. The molecule has 0 fully saturated rings. The SMILES string of the molecule is CCNCc1cncc(-c2cc3c(-c4cc5c(-n6cnc(C)c6)ccnc5[nH]4)n[nH]c3cn2)c1. The van der Waals surface area contributed by atoms with Gasteiger partial charge < -0.3 is 14.9 Å². The molecule has 0 aliphatic heterocycles. The van der Waals surface area contributed by atoms with E-state index in [4.69, 9.17) is 0 Å². The molecule has 0 spiro atoms. The van der Waals surface area contributed by atoms with Crippen LogP contribution in [0.25, 0.3) is 50.3 Å². The smallest absolute Gasteiger partial charge is 0.139 e. The lowest BCUT2D eigenvalue weighted by Gasteiger charge is -2.05. The third-order valence-corrected chi connectivity index (χ3v) is 5.87. The van der Waals surface area contributed by atoms with E-state index in [0.717, 1.165) is 74.6 Å². The van der Waals surface area contributed by atoms with E-state index in [1.807, 2.05) is 48.7 Å². The van der Waals surface area contributed by atoms with Crippen LogP contribution < -0.4 is 5.32 Å². The summed E-state index contributed by atoms with van der Waals surface area (Å²) >= 11 is 0. The fourth-order valence-electron chi connectivity index (χ4n) is 4.19. The molecule has 0 aliphatic carbocycles. The van der Waals surface area contributed by atoms with Crippen LogP contribution in [0.15, 0.2) is 61.6 Å². The molecular formula is C25H23N9. The van der Waals surface area contributed by atoms with Crippen LogP contribution >= 0.6 is 0 Å². The molecule has 0 amide bonds. The standard InChI is InChI=1S/C25H23N9/c1-3-26-9-16-6-17(11-27-10-16)20-7-18-22(12-29-20)32-33-24(18)21-8-19-23(4-5-28-25(19)31-21)34-13-15(2)30-14-34/h4-8,10-14,26H,3,9H2,1-2H3,(H,28,31)(H,32,33). The van der Waals surface area contributed by atoms with Crippen molar-refractivity contribution in [2.24, 2.45) is 0 Å². The Morgan fingerprint density at radius 3 is 2.82 bits per heavy atom. The summed E-state index contributed by atoms with van der Waals surface area (Å²) in [5, 5.41) is 13.0. The Hall–Kier alpha value is -4.37. The number of aromatic amines is 2. The van der Waals surface area contributed by atoms with Gasteiger partial charge in [0.05, 0.1) is 40.8 Å². The number of hydrogen-bond acceptors (Lipinski definition) is 6. The Kier molecular flexibility index (Phi) is 4.88. The highest BCUT2D eigenvalue weighted by atomic mass is 15.1. The predicted octanol–water partition coefficient (Wildman–Crippen LogP) is 4.17. The van der Waals surface area contributed by atoms with Gasteiger partial charge in [-0.05, 0) is 43.3 Å². The summed E-state index contributed by atoms with van der Waals surface area (Å²) in [5.41, 5.74) is 8.29. The maximum atomic E-state index is 4.64. The molecule has 6 aromatic rings. The van der Waals surface area contributed by atoms with Gasteiger partial charge in [0.1, 0.15) is 11.3 Å². The number of fused-ring (bicyclic) bond motifs is 2. The van der Waals surface area contributed by atoms with Crippen molar-refractivity contribution in [2.45, 2.75) is 20.4 Å². The molecular weight excluding hydrogens is 426 g/mol. The lowest BCUT2D eigenvalue weighted by molar-refractivity contribution is 0.724. The van der Waals surface area contributed by atoms with Gasteiger partial charge in [0.2, 0.25) is 0 Å². The van der Waals surface area contributed by atoms with Crippen molar-refractivity contribution in [3.8, 4) is 28.3 Å². The minimum Gasteiger partial charge on any atom is -0.338 e. The first-order valence-corrected chi connectivity index (χ1v) is 11.2. The number of nitrogens with one attached hydrogen (secondary N) is 3. The molecule has 0 bridgehead atoms. The maximum absolute atomic E-state index is 4.64. The maximum Gasteiger partial charge on any atom is 0.139 e. The van der Waals surface area contributed by atoms with Crippen molar-refractivity contribution in [2.75, 3.05) is 6.54 Å². The van der Waals surface area contributed by atoms with E-state index in [-0.39, 0.29) is 0 Å². The second-order valence-corrected chi connectivity index (χ2v) is 8.25. The van der Waals surface area contributed by atoms with Gasteiger partial charge in [-0.15, -0.1) is 0 Å². The van der Waals surface area contributed by atoms with Crippen molar-refractivity contribution in [1.82, 2.24) is 45.0 Å². The molecule has 0 atom stereocenters. The van der Waals surface area contributed by atoms with Gasteiger partial charge in [-0.25, -0.2) is 9.97 Å². The molecule has 3 N–H and O–H groups in total. The fraction of sp³-hybridized carbons (Fsp3) is 0.160. The third kappa shape index (κ3) is 3.52. The van der Waals surface area contributed by atoms with Gasteiger partial charge in [0.25, 0.3) is 0 Å². The molecule has 0 radical (unpaired) electrons. The van der Waals surface area contributed by atoms with Crippen LogP contribution in [0.2, 0.25) is 0 Å².